The molecule has 0 aliphatic carbocycles. The second-order valence-electron chi connectivity index (χ2n) is 7.28. The van der Waals surface area contributed by atoms with E-state index < -0.39 is 6.03 Å². The van der Waals surface area contributed by atoms with Crippen molar-refractivity contribution in [2.24, 2.45) is 5.73 Å². The zero-order chi connectivity index (χ0) is 19.9. The molecule has 0 radical (unpaired) electrons. The van der Waals surface area contributed by atoms with E-state index in [-0.39, 0.29) is 12.1 Å². The van der Waals surface area contributed by atoms with Crippen LogP contribution in [0.25, 0.3) is 0 Å². The lowest BCUT2D eigenvalue weighted by molar-refractivity contribution is 0.0347. The third kappa shape index (κ3) is 4.85. The maximum atomic E-state index is 10.8. The van der Waals surface area contributed by atoms with Gasteiger partial charge < -0.3 is 5.73 Å². The van der Waals surface area contributed by atoms with Crippen molar-refractivity contribution < 1.29 is 9.63 Å². The van der Waals surface area contributed by atoms with E-state index in [1.165, 1.54) is 11.1 Å². The number of hydroxylamine groups is 1. The first-order valence-electron chi connectivity index (χ1n) is 9.84. The van der Waals surface area contributed by atoms with Crippen molar-refractivity contribution in [3.05, 3.63) is 59.2 Å². The van der Waals surface area contributed by atoms with Crippen molar-refractivity contribution in [1.82, 2.24) is 20.3 Å². The number of aryl methyl sites for hydroxylation is 2. The van der Waals surface area contributed by atoms with Crippen molar-refractivity contribution in [2.75, 3.05) is 13.2 Å². The molecule has 0 aromatic carbocycles. The zero-order valence-electron chi connectivity index (χ0n) is 16.6. The first kappa shape index (κ1) is 20.2. The molecule has 1 fully saturated rings. The Labute approximate surface area is 166 Å². The summed E-state index contributed by atoms with van der Waals surface area (Å²) in [5.41, 5.74) is 11.9. The number of hydrogen-bond acceptors (Lipinski definition) is 5. The van der Waals surface area contributed by atoms with E-state index in [9.17, 15) is 4.79 Å². The number of nitrogens with zero attached hydrogens (tertiary/aromatic N) is 3. The number of nitrogens with one attached hydrogen (secondary N) is 1. The van der Waals surface area contributed by atoms with Crippen LogP contribution >= 0.6 is 0 Å². The molecule has 0 saturated carbocycles. The largest absolute Gasteiger partial charge is 0.350 e. The number of urea groups is 1. The highest BCUT2D eigenvalue weighted by atomic mass is 16.7. The van der Waals surface area contributed by atoms with Crippen molar-refractivity contribution in [3.8, 4) is 0 Å². The van der Waals surface area contributed by atoms with Crippen LogP contribution in [0.2, 0.25) is 0 Å². The quantitative estimate of drug-likeness (QED) is 0.565. The highest BCUT2D eigenvalue weighted by Gasteiger charge is 2.34. The van der Waals surface area contributed by atoms with E-state index in [2.05, 4.69) is 36.4 Å². The number of primary amides is 1. The van der Waals surface area contributed by atoms with Crippen molar-refractivity contribution in [1.29, 1.82) is 0 Å². The average molecular weight is 383 g/mol. The molecule has 3 N–H and O–H groups in total. The van der Waals surface area contributed by atoms with E-state index in [4.69, 9.17) is 20.5 Å². The van der Waals surface area contributed by atoms with E-state index >= 15 is 0 Å². The Morgan fingerprint density at radius 2 is 1.71 bits per heavy atom. The minimum Gasteiger partial charge on any atom is -0.350 e. The van der Waals surface area contributed by atoms with Gasteiger partial charge in [-0.25, -0.2) is 10.3 Å². The topological polar surface area (TPSA) is 93.4 Å². The lowest BCUT2D eigenvalue weighted by atomic mass is 9.88. The summed E-state index contributed by atoms with van der Waals surface area (Å²) in [4.78, 5) is 27.8. The highest BCUT2D eigenvalue weighted by Crippen LogP contribution is 2.41. The van der Waals surface area contributed by atoms with Crippen LogP contribution in [0.15, 0.2) is 36.7 Å². The molecule has 2 atom stereocenters. The van der Waals surface area contributed by atoms with Crippen LogP contribution in [0.4, 0.5) is 4.79 Å². The minimum absolute atomic E-state index is 0.241. The summed E-state index contributed by atoms with van der Waals surface area (Å²) in [5, 5.41) is 0. The molecule has 2 aromatic rings. The number of rotatable bonds is 7. The summed E-state index contributed by atoms with van der Waals surface area (Å²) in [5.74, 6) is 0. The Morgan fingerprint density at radius 3 is 2.21 bits per heavy atom. The molecule has 28 heavy (non-hydrogen) atoms. The molecule has 7 heteroatoms. The number of amides is 2. The van der Waals surface area contributed by atoms with Gasteiger partial charge in [-0.2, -0.15) is 0 Å². The van der Waals surface area contributed by atoms with Crippen molar-refractivity contribution in [2.45, 2.75) is 51.6 Å². The molecule has 0 bridgehead atoms. The summed E-state index contributed by atoms with van der Waals surface area (Å²) in [6.45, 7) is 5.47. The molecule has 0 unspecified atom stereocenters. The maximum absolute atomic E-state index is 10.8. The number of aromatic nitrogens is 2. The molecular formula is C21H29N5O2. The number of hydrogen-bond donors (Lipinski definition) is 2. The predicted molar refractivity (Wildman–Crippen MR) is 107 cm³/mol. The standard InChI is InChI=1S/C21H29N5O2/c1-15-7-4-11-23-19(15)17-9-3-10-18(20-16(2)8-5-12-24-20)26(17)13-6-14-28-25-21(22)27/h4-5,7-8,11-12,17-18H,3,6,9-10,13-14H2,1-2H3,(H3,22,25,27)/t17-,18+. The van der Waals surface area contributed by atoms with E-state index in [0.29, 0.717) is 6.61 Å². The number of pyridine rings is 2. The Kier molecular flexibility index (Phi) is 6.95. The molecule has 3 rings (SSSR count). The Hall–Kier alpha value is -2.51. The summed E-state index contributed by atoms with van der Waals surface area (Å²) in [6.07, 6.45) is 7.79. The first-order chi connectivity index (χ1) is 13.6. The summed E-state index contributed by atoms with van der Waals surface area (Å²) >= 11 is 0. The number of carbonyl (C=O) groups is 1. The molecule has 1 aliphatic rings. The minimum atomic E-state index is -0.679. The van der Waals surface area contributed by atoms with E-state index in [0.717, 1.165) is 43.6 Å². The van der Waals surface area contributed by atoms with E-state index in [1.807, 2.05) is 24.5 Å². The Balaban J connectivity index is 1.82. The predicted octanol–water partition coefficient (Wildman–Crippen LogP) is 3.35. The van der Waals surface area contributed by atoms with Crippen LogP contribution in [0.5, 0.6) is 0 Å². The number of carbonyl (C=O) groups excluding carboxylic acids is 1. The van der Waals surface area contributed by atoms with Crippen LogP contribution in [0.3, 0.4) is 0 Å². The summed E-state index contributed by atoms with van der Waals surface area (Å²) < 4.78 is 0. The van der Waals surface area contributed by atoms with Gasteiger partial charge in [0.2, 0.25) is 0 Å². The fourth-order valence-electron chi connectivity index (χ4n) is 4.09. The second-order valence-corrected chi connectivity index (χ2v) is 7.28. The first-order valence-corrected chi connectivity index (χ1v) is 9.84. The third-order valence-electron chi connectivity index (χ3n) is 5.32. The van der Waals surface area contributed by atoms with Crippen LogP contribution in [0.1, 0.15) is 60.3 Å². The van der Waals surface area contributed by atoms with Gasteiger partial charge in [0.1, 0.15) is 0 Å². The summed E-state index contributed by atoms with van der Waals surface area (Å²) in [6, 6.07) is 8.01. The third-order valence-corrected chi connectivity index (χ3v) is 5.32. The lowest BCUT2D eigenvalue weighted by Gasteiger charge is -2.42. The van der Waals surface area contributed by atoms with Crippen LogP contribution in [-0.4, -0.2) is 34.1 Å². The molecule has 0 spiro atoms. The Bertz CT molecular complexity index is 744. The summed E-state index contributed by atoms with van der Waals surface area (Å²) in [7, 11) is 0. The van der Waals surface area contributed by atoms with Crippen molar-refractivity contribution in [3.63, 3.8) is 0 Å². The van der Waals surface area contributed by atoms with Crippen LogP contribution in [-0.2, 0) is 4.84 Å². The average Bonchev–Trinajstić information content (AvgIpc) is 2.68. The molecule has 2 aromatic heterocycles. The van der Waals surface area contributed by atoms with E-state index in [1.54, 1.807) is 0 Å². The lowest BCUT2D eigenvalue weighted by Crippen LogP contribution is -2.39. The fourth-order valence-corrected chi connectivity index (χ4v) is 4.09. The number of likely N-dealkylation sites (tertiary alicyclic amines) is 1. The van der Waals surface area contributed by atoms with Crippen LogP contribution < -0.4 is 11.2 Å². The highest BCUT2D eigenvalue weighted by molar-refractivity contribution is 5.70. The van der Waals surface area contributed by atoms with Gasteiger partial charge in [-0.3, -0.25) is 19.7 Å². The smallest absolute Gasteiger partial charge is 0.336 e. The Morgan fingerprint density at radius 1 is 1.14 bits per heavy atom. The SMILES string of the molecule is Cc1cccnc1[C@H]1CCC[C@@H](c2ncccc2C)N1CCCONC(N)=O. The number of nitrogens with two attached hydrogens (primary N) is 1. The maximum Gasteiger partial charge on any atom is 0.336 e. The van der Waals surface area contributed by atoms with Gasteiger partial charge in [0.15, 0.2) is 0 Å². The number of piperidine rings is 1. The van der Waals surface area contributed by atoms with Gasteiger partial charge in [0.25, 0.3) is 0 Å². The van der Waals surface area contributed by atoms with Crippen LogP contribution in [0, 0.1) is 13.8 Å². The van der Waals surface area contributed by atoms with Gasteiger partial charge in [-0.05, 0) is 62.8 Å². The van der Waals surface area contributed by atoms with Crippen molar-refractivity contribution >= 4 is 6.03 Å². The molecule has 1 saturated heterocycles. The second kappa shape index (κ2) is 9.61. The van der Waals surface area contributed by atoms with Gasteiger partial charge in [-0.1, -0.05) is 12.1 Å². The van der Waals surface area contributed by atoms with Gasteiger partial charge in [-0.15, -0.1) is 0 Å². The molecular weight excluding hydrogens is 354 g/mol. The van der Waals surface area contributed by atoms with Gasteiger partial charge in [0.05, 0.1) is 30.1 Å². The zero-order valence-corrected chi connectivity index (χ0v) is 16.6. The van der Waals surface area contributed by atoms with Gasteiger partial charge in [0, 0.05) is 18.9 Å². The molecule has 150 valence electrons. The molecule has 1 aliphatic heterocycles. The normalized spacial score (nSPS) is 20.1. The fraction of sp³-hybridized carbons (Fsp3) is 0.476. The molecule has 2 amide bonds. The monoisotopic (exact) mass is 383 g/mol. The molecule has 7 nitrogen and oxygen atoms in total. The van der Waals surface area contributed by atoms with Gasteiger partial charge >= 0.3 is 6.03 Å². The molecule has 3 heterocycles.